The molecule has 0 saturated carbocycles. The average molecular weight is 490 g/mol. The molecule has 178 valence electrons. The number of amides is 2. The van der Waals surface area contributed by atoms with Gasteiger partial charge in [-0.3, -0.25) is 24.5 Å². The van der Waals surface area contributed by atoms with Gasteiger partial charge in [0.2, 0.25) is 0 Å². The molecular formula is C22H20ClN3O8. The second-order valence-corrected chi connectivity index (χ2v) is 8.10. The lowest BCUT2D eigenvalue weighted by molar-refractivity contribution is -0.384. The van der Waals surface area contributed by atoms with Crippen LogP contribution in [0.3, 0.4) is 0 Å². The highest BCUT2D eigenvalue weighted by atomic mass is 35.5. The van der Waals surface area contributed by atoms with Crippen molar-refractivity contribution >= 4 is 46.5 Å². The number of benzene rings is 2. The Kier molecular flexibility index (Phi) is 7.47. The number of hydrogen-bond donors (Lipinski definition) is 2. The van der Waals surface area contributed by atoms with Crippen LogP contribution in [0, 0.1) is 16.0 Å². The first-order valence-electron chi connectivity index (χ1n) is 10.1. The minimum absolute atomic E-state index is 0.0554. The van der Waals surface area contributed by atoms with E-state index in [0.717, 1.165) is 12.1 Å². The van der Waals surface area contributed by atoms with Crippen LogP contribution in [0.15, 0.2) is 36.4 Å². The van der Waals surface area contributed by atoms with E-state index in [0.29, 0.717) is 11.4 Å². The molecule has 2 amide bonds. The Balaban J connectivity index is 1.64. The molecule has 34 heavy (non-hydrogen) atoms. The molecule has 1 atom stereocenters. The molecule has 11 nitrogen and oxygen atoms in total. The summed E-state index contributed by atoms with van der Waals surface area (Å²) in [5.41, 5.74) is 0.189. The van der Waals surface area contributed by atoms with Crippen LogP contribution in [-0.2, 0) is 14.3 Å². The third-order valence-electron chi connectivity index (χ3n) is 4.90. The van der Waals surface area contributed by atoms with Gasteiger partial charge in [-0.15, -0.1) is 0 Å². The maximum atomic E-state index is 12.6. The molecular weight excluding hydrogens is 470 g/mol. The van der Waals surface area contributed by atoms with Crippen LogP contribution in [0.1, 0.15) is 34.6 Å². The highest BCUT2D eigenvalue weighted by molar-refractivity contribution is 6.34. The summed E-state index contributed by atoms with van der Waals surface area (Å²) in [6.07, 6.45) is 0. The molecule has 1 heterocycles. The van der Waals surface area contributed by atoms with Crippen LogP contribution in [0.2, 0.25) is 5.02 Å². The number of ketones is 1. The number of carbonyl (C=O) groups excluding carboxylic acids is 4. The number of halogens is 1. The summed E-state index contributed by atoms with van der Waals surface area (Å²) in [5.74, 6) is -2.44. The Morgan fingerprint density at radius 3 is 2.62 bits per heavy atom. The number of nitro benzene ring substituents is 1. The van der Waals surface area contributed by atoms with E-state index < -0.39 is 41.1 Å². The average Bonchev–Trinajstić information content (AvgIpc) is 2.79. The monoisotopic (exact) mass is 489 g/mol. The number of hydrogen-bond acceptors (Lipinski definition) is 8. The zero-order valence-corrected chi connectivity index (χ0v) is 18.9. The Bertz CT molecular complexity index is 1180. The molecule has 12 heteroatoms. The van der Waals surface area contributed by atoms with Crippen molar-refractivity contribution in [3.63, 3.8) is 0 Å². The normalized spacial score (nSPS) is 13.2. The highest BCUT2D eigenvalue weighted by Crippen LogP contribution is 2.28. The molecule has 0 spiro atoms. The number of rotatable bonds is 8. The minimum Gasteiger partial charge on any atom is -0.482 e. The van der Waals surface area contributed by atoms with Crippen molar-refractivity contribution in [2.75, 3.05) is 18.5 Å². The molecule has 1 unspecified atom stereocenters. The van der Waals surface area contributed by atoms with Crippen LogP contribution in [0.4, 0.5) is 11.4 Å². The molecule has 0 radical (unpaired) electrons. The molecule has 0 fully saturated rings. The number of nitrogens with one attached hydrogen (secondary N) is 2. The molecule has 0 aliphatic carbocycles. The maximum absolute atomic E-state index is 12.6. The van der Waals surface area contributed by atoms with E-state index in [-0.39, 0.29) is 34.4 Å². The van der Waals surface area contributed by atoms with Crippen molar-refractivity contribution in [2.45, 2.75) is 19.9 Å². The number of nitro groups is 1. The Morgan fingerprint density at radius 1 is 1.24 bits per heavy atom. The molecule has 0 bridgehead atoms. The van der Waals surface area contributed by atoms with E-state index in [2.05, 4.69) is 10.6 Å². The Hall–Kier alpha value is -3.99. The second kappa shape index (κ2) is 10.3. The van der Waals surface area contributed by atoms with Gasteiger partial charge in [-0.2, -0.15) is 0 Å². The number of ether oxygens (including phenoxy) is 2. The number of non-ortho nitro benzene ring substituents is 1. The van der Waals surface area contributed by atoms with Gasteiger partial charge in [-0.05, 0) is 30.2 Å². The van der Waals surface area contributed by atoms with Crippen LogP contribution in [0.5, 0.6) is 5.75 Å². The first-order valence-corrected chi connectivity index (χ1v) is 10.5. The van der Waals surface area contributed by atoms with E-state index in [1.807, 2.05) is 0 Å². The quantitative estimate of drug-likeness (QED) is 0.248. The lowest BCUT2D eigenvalue weighted by Crippen LogP contribution is -2.45. The fourth-order valence-electron chi connectivity index (χ4n) is 3.08. The summed E-state index contributed by atoms with van der Waals surface area (Å²) in [6.45, 7) is 2.62. The molecule has 0 saturated heterocycles. The fraction of sp³-hybridized carbons (Fsp3) is 0.273. The van der Waals surface area contributed by atoms with Gasteiger partial charge >= 0.3 is 5.97 Å². The van der Waals surface area contributed by atoms with Crippen LogP contribution in [0.25, 0.3) is 0 Å². The van der Waals surface area contributed by atoms with Crippen molar-refractivity contribution in [2.24, 2.45) is 5.92 Å². The van der Waals surface area contributed by atoms with Crippen LogP contribution >= 0.6 is 11.6 Å². The van der Waals surface area contributed by atoms with Gasteiger partial charge in [0.05, 0.1) is 21.2 Å². The lowest BCUT2D eigenvalue weighted by Gasteiger charge is -2.21. The van der Waals surface area contributed by atoms with E-state index in [9.17, 15) is 29.3 Å². The van der Waals surface area contributed by atoms with Gasteiger partial charge in [0, 0.05) is 17.7 Å². The summed E-state index contributed by atoms with van der Waals surface area (Å²) < 4.78 is 10.4. The summed E-state index contributed by atoms with van der Waals surface area (Å²) in [6, 6.07) is 6.64. The summed E-state index contributed by atoms with van der Waals surface area (Å²) >= 11 is 5.98. The SMILES string of the molecule is CC(C)C(NC(=O)c1ccc([N+](=O)[O-])cc1Cl)C(=O)OCC(=O)c1ccc2c(c1)NC(=O)CO2. The van der Waals surface area contributed by atoms with Crippen LogP contribution in [-0.4, -0.2) is 47.7 Å². The lowest BCUT2D eigenvalue weighted by atomic mass is 10.0. The van der Waals surface area contributed by atoms with Crippen LogP contribution < -0.4 is 15.4 Å². The van der Waals surface area contributed by atoms with E-state index in [1.165, 1.54) is 24.3 Å². The summed E-state index contributed by atoms with van der Waals surface area (Å²) in [7, 11) is 0. The molecule has 2 aromatic rings. The van der Waals surface area contributed by atoms with E-state index in [1.54, 1.807) is 13.8 Å². The van der Waals surface area contributed by atoms with Crippen molar-refractivity contribution in [1.82, 2.24) is 5.32 Å². The summed E-state index contributed by atoms with van der Waals surface area (Å²) in [4.78, 5) is 59.3. The Labute approximate surface area is 198 Å². The number of nitrogens with zero attached hydrogens (tertiary/aromatic N) is 1. The number of carbonyl (C=O) groups is 4. The van der Waals surface area contributed by atoms with Gasteiger partial charge in [0.1, 0.15) is 11.8 Å². The first kappa shape index (κ1) is 24.6. The zero-order chi connectivity index (χ0) is 25.0. The third-order valence-corrected chi connectivity index (χ3v) is 5.21. The molecule has 1 aliphatic heterocycles. The van der Waals surface area contributed by atoms with Gasteiger partial charge in [-0.25, -0.2) is 4.79 Å². The first-order chi connectivity index (χ1) is 16.1. The molecule has 0 aromatic heterocycles. The molecule has 3 rings (SSSR count). The maximum Gasteiger partial charge on any atom is 0.329 e. The molecule has 2 aromatic carbocycles. The number of esters is 1. The largest absolute Gasteiger partial charge is 0.482 e. The van der Waals surface area contributed by atoms with Crippen molar-refractivity contribution in [3.05, 3.63) is 62.7 Å². The standard InChI is InChI=1S/C22H20ClN3O8/c1-11(2)20(25-21(29)14-5-4-13(26(31)32)8-15(14)23)22(30)34-9-17(27)12-3-6-18-16(7-12)24-19(28)10-33-18/h3-8,11,20H,9-10H2,1-2H3,(H,24,28)(H,25,29). The molecule has 1 aliphatic rings. The highest BCUT2D eigenvalue weighted by Gasteiger charge is 2.28. The second-order valence-electron chi connectivity index (χ2n) is 7.70. The van der Waals surface area contributed by atoms with E-state index >= 15 is 0 Å². The predicted molar refractivity (Wildman–Crippen MR) is 120 cm³/mol. The number of fused-ring (bicyclic) bond motifs is 1. The van der Waals surface area contributed by atoms with Crippen molar-refractivity contribution in [3.8, 4) is 5.75 Å². The van der Waals surface area contributed by atoms with E-state index in [4.69, 9.17) is 21.1 Å². The zero-order valence-electron chi connectivity index (χ0n) is 18.1. The predicted octanol–water partition coefficient (Wildman–Crippen LogP) is 2.76. The smallest absolute Gasteiger partial charge is 0.329 e. The fourth-order valence-corrected chi connectivity index (χ4v) is 3.35. The summed E-state index contributed by atoms with van der Waals surface area (Å²) in [5, 5.41) is 15.8. The number of anilines is 1. The topological polar surface area (TPSA) is 154 Å². The number of Topliss-reactive ketones (excluding diaryl/α,β-unsaturated/α-hetero) is 1. The van der Waals surface area contributed by atoms with Crippen molar-refractivity contribution in [1.29, 1.82) is 0 Å². The Morgan fingerprint density at radius 2 is 1.97 bits per heavy atom. The molecule has 2 N–H and O–H groups in total. The van der Waals surface area contributed by atoms with Gasteiger partial charge in [-0.1, -0.05) is 25.4 Å². The third kappa shape index (κ3) is 5.67. The van der Waals surface area contributed by atoms with Crippen molar-refractivity contribution < 1.29 is 33.6 Å². The van der Waals surface area contributed by atoms with Gasteiger partial charge < -0.3 is 20.1 Å². The van der Waals surface area contributed by atoms with Gasteiger partial charge in [0.25, 0.3) is 17.5 Å². The van der Waals surface area contributed by atoms with Gasteiger partial charge in [0.15, 0.2) is 19.0 Å². The minimum atomic E-state index is -1.11.